The lowest BCUT2D eigenvalue weighted by atomic mass is 10.1. The Hall–Kier alpha value is -2.18. The Kier molecular flexibility index (Phi) is 7.44. The van der Waals surface area contributed by atoms with E-state index in [1.54, 1.807) is 11.8 Å². The van der Waals surface area contributed by atoms with Crippen LogP contribution in [0.4, 0.5) is 45.2 Å². The monoisotopic (exact) mass is 440 g/mol. The second-order valence-corrected chi connectivity index (χ2v) is 6.37. The van der Waals surface area contributed by atoms with E-state index in [-0.39, 0.29) is 17.8 Å². The van der Waals surface area contributed by atoms with Crippen LogP contribution in [0.15, 0.2) is 18.2 Å². The van der Waals surface area contributed by atoms with Crippen molar-refractivity contribution < 1.29 is 49.4 Å². The van der Waals surface area contributed by atoms with Crippen molar-refractivity contribution in [3.05, 3.63) is 29.3 Å². The van der Waals surface area contributed by atoms with Gasteiger partial charge in [-0.1, -0.05) is 0 Å². The first kappa shape index (κ1) is 24.9. The van der Waals surface area contributed by atoms with E-state index in [0.29, 0.717) is 19.6 Å². The molecule has 0 bridgehead atoms. The zero-order valence-corrected chi connectivity index (χ0v) is 15.1. The summed E-state index contributed by atoms with van der Waals surface area (Å²) in [6, 6.07) is 1.57. The van der Waals surface area contributed by atoms with Gasteiger partial charge in [-0.2, -0.15) is 39.5 Å². The standard InChI is InChI=1S/C14H16F6N2.C2HF3O2/c1-9-8-21(2)3-4-22(9)12-6-10(13(15,16)17)5-11(7-12)14(18,19)20;3-2(4,5)1(6)7/h5-7,9H,3-4,8H2,1-2H3;(H,6,7)/t9-;/m0./s1. The summed E-state index contributed by atoms with van der Waals surface area (Å²) in [7, 11) is 1.86. The van der Waals surface area contributed by atoms with Crippen molar-refractivity contribution in [2.45, 2.75) is 31.5 Å². The minimum Gasteiger partial charge on any atom is -0.475 e. The van der Waals surface area contributed by atoms with Crippen LogP contribution in [-0.4, -0.2) is 54.9 Å². The van der Waals surface area contributed by atoms with Gasteiger partial charge in [0.15, 0.2) is 0 Å². The van der Waals surface area contributed by atoms with Gasteiger partial charge in [0.25, 0.3) is 0 Å². The predicted molar refractivity (Wildman–Crippen MR) is 84.4 cm³/mol. The van der Waals surface area contributed by atoms with E-state index < -0.39 is 35.6 Å². The van der Waals surface area contributed by atoms with Crippen molar-refractivity contribution in [3.8, 4) is 0 Å². The average molecular weight is 440 g/mol. The second kappa shape index (κ2) is 8.67. The highest BCUT2D eigenvalue weighted by atomic mass is 19.4. The van der Waals surface area contributed by atoms with Gasteiger partial charge >= 0.3 is 24.5 Å². The summed E-state index contributed by atoms with van der Waals surface area (Å²) in [6.07, 6.45) is -14.7. The normalized spacial score (nSPS) is 18.9. The van der Waals surface area contributed by atoms with Gasteiger partial charge in [-0.15, -0.1) is 0 Å². The Morgan fingerprint density at radius 1 is 0.931 bits per heavy atom. The third-order valence-corrected chi connectivity index (χ3v) is 3.98. The second-order valence-electron chi connectivity index (χ2n) is 6.37. The lowest BCUT2D eigenvalue weighted by molar-refractivity contribution is -0.192. The molecule has 1 aromatic rings. The minimum atomic E-state index is -5.08. The molecule has 0 saturated carbocycles. The van der Waals surface area contributed by atoms with Gasteiger partial charge in [0.1, 0.15) is 0 Å². The number of piperazine rings is 1. The predicted octanol–water partition coefficient (Wildman–Crippen LogP) is 4.50. The lowest BCUT2D eigenvalue weighted by Gasteiger charge is -2.40. The number of nitrogens with zero attached hydrogens (tertiary/aromatic N) is 2. The number of carboxylic acid groups (broad SMARTS) is 1. The van der Waals surface area contributed by atoms with E-state index in [4.69, 9.17) is 9.90 Å². The van der Waals surface area contributed by atoms with Crippen molar-refractivity contribution in [2.24, 2.45) is 0 Å². The largest absolute Gasteiger partial charge is 0.490 e. The molecule has 1 aliphatic rings. The highest BCUT2D eigenvalue weighted by Crippen LogP contribution is 2.39. The first-order valence-corrected chi connectivity index (χ1v) is 7.97. The zero-order chi connectivity index (χ0) is 22.8. The maximum Gasteiger partial charge on any atom is 0.490 e. The highest BCUT2D eigenvalue weighted by molar-refractivity contribution is 5.73. The third kappa shape index (κ3) is 7.29. The van der Waals surface area contributed by atoms with Gasteiger partial charge in [-0.05, 0) is 32.2 Å². The molecule has 29 heavy (non-hydrogen) atoms. The Labute approximate surface area is 159 Å². The van der Waals surface area contributed by atoms with E-state index >= 15 is 0 Å². The fourth-order valence-electron chi connectivity index (χ4n) is 2.63. The summed E-state index contributed by atoms with van der Waals surface area (Å²) in [5.74, 6) is -2.76. The van der Waals surface area contributed by atoms with Crippen LogP contribution in [0.2, 0.25) is 0 Å². The Morgan fingerprint density at radius 3 is 1.66 bits per heavy atom. The molecule has 166 valence electrons. The molecule has 0 amide bonds. The Bertz CT molecular complexity index is 682. The van der Waals surface area contributed by atoms with Crippen LogP contribution in [0, 0.1) is 0 Å². The number of anilines is 1. The van der Waals surface area contributed by atoms with E-state index in [9.17, 15) is 39.5 Å². The molecule has 0 spiro atoms. The number of benzene rings is 1. The van der Waals surface area contributed by atoms with Crippen molar-refractivity contribution in [1.29, 1.82) is 0 Å². The molecule has 2 rings (SSSR count). The first-order valence-electron chi connectivity index (χ1n) is 7.97. The highest BCUT2D eigenvalue weighted by Gasteiger charge is 2.39. The van der Waals surface area contributed by atoms with E-state index in [1.165, 1.54) is 0 Å². The van der Waals surface area contributed by atoms with Gasteiger partial charge in [0.2, 0.25) is 0 Å². The summed E-state index contributed by atoms with van der Waals surface area (Å²) in [5.41, 5.74) is -2.59. The van der Waals surface area contributed by atoms with Crippen molar-refractivity contribution in [1.82, 2.24) is 4.90 Å². The van der Waals surface area contributed by atoms with Crippen LogP contribution in [0.3, 0.4) is 0 Å². The number of hydrogen-bond donors (Lipinski definition) is 1. The fourth-order valence-corrected chi connectivity index (χ4v) is 2.63. The molecule has 4 nitrogen and oxygen atoms in total. The molecule has 1 atom stereocenters. The molecule has 0 aromatic heterocycles. The molecule has 1 aromatic carbocycles. The van der Waals surface area contributed by atoms with Crippen LogP contribution in [-0.2, 0) is 17.1 Å². The van der Waals surface area contributed by atoms with Crippen LogP contribution in [0.1, 0.15) is 18.1 Å². The quantitative estimate of drug-likeness (QED) is 0.654. The number of carbonyl (C=O) groups is 1. The topological polar surface area (TPSA) is 43.8 Å². The number of aliphatic carboxylic acids is 1. The van der Waals surface area contributed by atoms with Crippen LogP contribution >= 0.6 is 0 Å². The first-order chi connectivity index (χ1) is 12.9. The maximum absolute atomic E-state index is 12.9. The molecule has 1 N–H and O–H groups in total. The molecule has 1 aliphatic heterocycles. The van der Waals surface area contributed by atoms with E-state index in [1.807, 2.05) is 11.9 Å². The van der Waals surface area contributed by atoms with Crippen LogP contribution in [0.25, 0.3) is 0 Å². The number of carboxylic acids is 1. The average Bonchev–Trinajstić information content (AvgIpc) is 2.52. The van der Waals surface area contributed by atoms with E-state index in [0.717, 1.165) is 12.1 Å². The number of halogens is 9. The van der Waals surface area contributed by atoms with Crippen LogP contribution in [0.5, 0.6) is 0 Å². The summed E-state index contributed by atoms with van der Waals surface area (Å²) in [4.78, 5) is 12.5. The number of rotatable bonds is 1. The SMILES string of the molecule is C[C@H]1CN(C)CCN1c1cc(C(F)(F)F)cc(C(F)(F)F)c1.O=C(O)C(F)(F)F. The third-order valence-electron chi connectivity index (χ3n) is 3.98. The van der Waals surface area contributed by atoms with Crippen molar-refractivity contribution >= 4 is 11.7 Å². The molecule has 1 fully saturated rings. The van der Waals surface area contributed by atoms with E-state index in [2.05, 4.69) is 0 Å². The number of hydrogen-bond acceptors (Lipinski definition) is 3. The molecule has 0 radical (unpaired) electrons. The minimum absolute atomic E-state index is 0.0391. The van der Waals surface area contributed by atoms with Crippen molar-refractivity contribution in [2.75, 3.05) is 31.6 Å². The molecule has 0 aliphatic carbocycles. The van der Waals surface area contributed by atoms with Gasteiger partial charge in [0.05, 0.1) is 11.1 Å². The van der Waals surface area contributed by atoms with Gasteiger partial charge in [0, 0.05) is 31.4 Å². The lowest BCUT2D eigenvalue weighted by Crippen LogP contribution is -2.50. The Morgan fingerprint density at radius 2 is 1.34 bits per heavy atom. The summed E-state index contributed by atoms with van der Waals surface area (Å²) in [6.45, 7) is 3.33. The smallest absolute Gasteiger partial charge is 0.475 e. The molecular formula is C16H17F9N2O2. The van der Waals surface area contributed by atoms with Crippen LogP contribution < -0.4 is 4.90 Å². The van der Waals surface area contributed by atoms with Gasteiger partial charge in [-0.3, -0.25) is 0 Å². The maximum atomic E-state index is 12.9. The fraction of sp³-hybridized carbons (Fsp3) is 0.562. The molecule has 13 heteroatoms. The number of alkyl halides is 9. The summed E-state index contributed by atoms with van der Waals surface area (Å²) in [5, 5.41) is 7.12. The summed E-state index contributed by atoms with van der Waals surface area (Å²) < 4.78 is 109. The summed E-state index contributed by atoms with van der Waals surface area (Å²) >= 11 is 0. The molecule has 1 saturated heterocycles. The number of likely N-dealkylation sites (N-methyl/N-ethyl adjacent to an activating group) is 1. The Balaban J connectivity index is 0.000000516. The van der Waals surface area contributed by atoms with Crippen molar-refractivity contribution in [3.63, 3.8) is 0 Å². The van der Waals surface area contributed by atoms with Gasteiger partial charge < -0.3 is 14.9 Å². The molecular weight excluding hydrogens is 423 g/mol. The van der Waals surface area contributed by atoms with Gasteiger partial charge in [-0.25, -0.2) is 4.79 Å². The molecule has 0 unspecified atom stereocenters. The molecule has 1 heterocycles. The zero-order valence-electron chi connectivity index (χ0n) is 15.1.